The second-order valence-electron chi connectivity index (χ2n) is 8.49. The fourth-order valence-corrected chi connectivity index (χ4v) is 3.22. The van der Waals surface area contributed by atoms with Crippen molar-refractivity contribution in [1.82, 2.24) is 19.8 Å². The molecule has 0 aliphatic carbocycles. The van der Waals surface area contributed by atoms with Crippen molar-refractivity contribution in [1.29, 1.82) is 0 Å². The van der Waals surface area contributed by atoms with Gasteiger partial charge in [0.05, 0.1) is 16.6 Å². The van der Waals surface area contributed by atoms with Crippen LogP contribution in [0.1, 0.15) is 63.4 Å². The number of hydrogen-bond acceptors (Lipinski definition) is 5. The van der Waals surface area contributed by atoms with Crippen molar-refractivity contribution in [3.63, 3.8) is 0 Å². The molecule has 1 heterocycles. The van der Waals surface area contributed by atoms with Gasteiger partial charge in [-0.05, 0) is 59.1 Å². The van der Waals surface area contributed by atoms with Crippen LogP contribution in [-0.2, 0) is 4.74 Å². The fraction of sp³-hybridized carbons (Fsp3) is 0.571. The van der Waals surface area contributed by atoms with Crippen molar-refractivity contribution in [2.45, 2.75) is 58.6 Å². The van der Waals surface area contributed by atoms with Crippen molar-refractivity contribution in [3.05, 3.63) is 23.8 Å². The average molecular weight is 404 g/mol. The van der Waals surface area contributed by atoms with Gasteiger partial charge in [0, 0.05) is 26.7 Å². The Morgan fingerprint density at radius 1 is 1.28 bits per heavy atom. The van der Waals surface area contributed by atoms with E-state index in [9.17, 15) is 9.59 Å². The van der Waals surface area contributed by atoms with Crippen LogP contribution in [0.3, 0.4) is 0 Å². The van der Waals surface area contributed by atoms with Crippen molar-refractivity contribution in [2.24, 2.45) is 0 Å². The van der Waals surface area contributed by atoms with E-state index in [1.807, 2.05) is 37.5 Å². The number of rotatable bonds is 7. The lowest BCUT2D eigenvalue weighted by molar-refractivity contribution is 0.0526. The Bertz CT molecular complexity index is 867. The van der Waals surface area contributed by atoms with Crippen LogP contribution in [0.25, 0.3) is 11.0 Å². The van der Waals surface area contributed by atoms with Gasteiger partial charge < -0.3 is 25.3 Å². The molecule has 0 fully saturated rings. The van der Waals surface area contributed by atoms with Gasteiger partial charge in [-0.2, -0.15) is 0 Å². The van der Waals surface area contributed by atoms with Crippen molar-refractivity contribution in [3.8, 4) is 0 Å². The summed E-state index contributed by atoms with van der Waals surface area (Å²) in [6.07, 6.45) is 2.15. The van der Waals surface area contributed by atoms with E-state index in [4.69, 9.17) is 10.5 Å². The minimum atomic E-state index is -0.500. The molecule has 0 bridgehead atoms. The third-order valence-electron chi connectivity index (χ3n) is 4.53. The molecule has 1 atom stereocenters. The maximum atomic E-state index is 12.6. The molecule has 3 N–H and O–H groups in total. The van der Waals surface area contributed by atoms with Gasteiger partial charge in [-0.3, -0.25) is 4.79 Å². The van der Waals surface area contributed by atoms with E-state index in [0.717, 1.165) is 24.8 Å². The zero-order valence-corrected chi connectivity index (χ0v) is 18.3. The molecule has 0 spiro atoms. The molecule has 160 valence electrons. The van der Waals surface area contributed by atoms with Crippen LogP contribution < -0.4 is 11.1 Å². The summed E-state index contributed by atoms with van der Waals surface area (Å²) in [7, 11) is 3.46. The minimum absolute atomic E-state index is 0.0673. The lowest BCUT2D eigenvalue weighted by Crippen LogP contribution is -2.33. The number of unbranched alkanes of at least 4 members (excludes halogenated alkanes) is 1. The third-order valence-corrected chi connectivity index (χ3v) is 4.53. The molecule has 8 nitrogen and oxygen atoms in total. The van der Waals surface area contributed by atoms with Crippen molar-refractivity contribution < 1.29 is 14.3 Å². The smallest absolute Gasteiger partial charge is 0.407 e. The van der Waals surface area contributed by atoms with Gasteiger partial charge in [0.25, 0.3) is 5.91 Å². The van der Waals surface area contributed by atoms with Gasteiger partial charge in [-0.15, -0.1) is 0 Å². The van der Waals surface area contributed by atoms with Crippen LogP contribution in [0.2, 0.25) is 0 Å². The average Bonchev–Trinajstić information content (AvgIpc) is 2.94. The van der Waals surface area contributed by atoms with Crippen LogP contribution in [0.5, 0.6) is 0 Å². The summed E-state index contributed by atoms with van der Waals surface area (Å²) >= 11 is 0. The molecular weight excluding hydrogens is 370 g/mol. The van der Waals surface area contributed by atoms with Gasteiger partial charge in [-0.1, -0.05) is 6.07 Å². The zero-order chi connectivity index (χ0) is 21.8. The Hall–Kier alpha value is -2.77. The van der Waals surface area contributed by atoms with Crippen LogP contribution in [0, 0.1) is 0 Å². The highest BCUT2D eigenvalue weighted by Gasteiger charge is 2.21. The number of amides is 2. The van der Waals surface area contributed by atoms with E-state index >= 15 is 0 Å². The summed E-state index contributed by atoms with van der Waals surface area (Å²) in [5.74, 6) is 0.323. The number of nitrogen functional groups attached to an aromatic ring is 1. The summed E-state index contributed by atoms with van der Waals surface area (Å²) < 4.78 is 7.17. The number of carbonyl (C=O) groups is 2. The third kappa shape index (κ3) is 5.85. The molecule has 0 saturated carbocycles. The molecule has 0 aliphatic heterocycles. The number of anilines is 1. The van der Waals surface area contributed by atoms with Crippen molar-refractivity contribution in [2.75, 3.05) is 26.4 Å². The molecule has 2 amide bonds. The highest BCUT2D eigenvalue weighted by atomic mass is 16.6. The highest BCUT2D eigenvalue weighted by molar-refractivity contribution is 6.05. The molecule has 1 aromatic heterocycles. The predicted molar refractivity (Wildman–Crippen MR) is 115 cm³/mol. The number of para-hydroxylation sites is 1. The second kappa shape index (κ2) is 9.15. The number of imidazole rings is 1. The summed E-state index contributed by atoms with van der Waals surface area (Å²) in [5, 5.41) is 2.77. The lowest BCUT2D eigenvalue weighted by atomic mass is 10.1. The maximum Gasteiger partial charge on any atom is 0.407 e. The summed E-state index contributed by atoms with van der Waals surface area (Å²) in [6.45, 7) is 8.12. The van der Waals surface area contributed by atoms with Crippen LogP contribution in [0.15, 0.2) is 18.2 Å². The van der Waals surface area contributed by atoms with E-state index in [0.29, 0.717) is 23.6 Å². The fourth-order valence-electron chi connectivity index (χ4n) is 3.22. The van der Waals surface area contributed by atoms with Crippen molar-refractivity contribution >= 4 is 29.0 Å². The molecule has 1 aromatic carbocycles. The molecule has 8 heteroatoms. The zero-order valence-electron chi connectivity index (χ0n) is 18.3. The number of nitrogens with one attached hydrogen (secondary N) is 1. The molecule has 0 radical (unpaired) electrons. The predicted octanol–water partition coefficient (Wildman–Crippen LogP) is 3.58. The van der Waals surface area contributed by atoms with Crippen LogP contribution in [-0.4, -0.2) is 52.7 Å². The molecule has 1 unspecified atom stereocenters. The van der Waals surface area contributed by atoms with E-state index in [-0.39, 0.29) is 11.9 Å². The Kier molecular flexibility index (Phi) is 7.11. The normalized spacial score (nSPS) is 12.6. The summed E-state index contributed by atoms with van der Waals surface area (Å²) in [5.41, 5.74) is 7.76. The van der Waals surface area contributed by atoms with E-state index < -0.39 is 11.7 Å². The van der Waals surface area contributed by atoms with Crippen LogP contribution in [0.4, 0.5) is 10.7 Å². The standard InChI is InChI=1S/C21H33N5O3/c1-14(10-7-8-13-23-20(28)29-21(2,3)4)26-17-15(18(27)25(5)6)11-9-12-16(17)24-19(26)22/h9,11-12,14H,7-8,10,13H2,1-6H3,(H2,22,24)(H,23,28). The van der Waals surface area contributed by atoms with Crippen LogP contribution >= 0.6 is 0 Å². The molecule has 2 rings (SSSR count). The minimum Gasteiger partial charge on any atom is -0.444 e. The molecule has 29 heavy (non-hydrogen) atoms. The molecule has 2 aromatic rings. The number of nitrogens with zero attached hydrogens (tertiary/aromatic N) is 3. The number of alkyl carbamates (subject to hydrolysis) is 1. The van der Waals surface area contributed by atoms with E-state index in [2.05, 4.69) is 17.2 Å². The first-order valence-electron chi connectivity index (χ1n) is 9.96. The first-order valence-corrected chi connectivity index (χ1v) is 9.96. The Morgan fingerprint density at radius 3 is 2.59 bits per heavy atom. The first kappa shape index (κ1) is 22.5. The molecule has 0 saturated heterocycles. The molecule has 0 aliphatic rings. The lowest BCUT2D eigenvalue weighted by Gasteiger charge is -2.20. The van der Waals surface area contributed by atoms with Gasteiger partial charge in [0.1, 0.15) is 5.60 Å². The first-order chi connectivity index (χ1) is 13.5. The van der Waals surface area contributed by atoms with Gasteiger partial charge in [0.2, 0.25) is 5.95 Å². The Balaban J connectivity index is 2.02. The maximum absolute atomic E-state index is 12.6. The van der Waals surface area contributed by atoms with E-state index in [1.165, 1.54) is 0 Å². The largest absolute Gasteiger partial charge is 0.444 e. The van der Waals surface area contributed by atoms with E-state index in [1.54, 1.807) is 25.1 Å². The molecular formula is C21H33N5O3. The number of nitrogens with two attached hydrogens (primary N) is 1. The Morgan fingerprint density at radius 2 is 1.97 bits per heavy atom. The number of hydrogen-bond donors (Lipinski definition) is 2. The summed E-state index contributed by atoms with van der Waals surface area (Å²) in [6, 6.07) is 5.56. The monoisotopic (exact) mass is 403 g/mol. The Labute approximate surface area is 172 Å². The number of ether oxygens (including phenoxy) is 1. The number of benzene rings is 1. The SMILES string of the molecule is CC(CCCCNC(=O)OC(C)(C)C)n1c(N)nc2cccc(C(=O)N(C)C)c21. The summed E-state index contributed by atoms with van der Waals surface area (Å²) in [4.78, 5) is 30.3. The topological polar surface area (TPSA) is 102 Å². The van der Waals surface area contributed by atoms with Gasteiger partial charge >= 0.3 is 6.09 Å². The quantitative estimate of drug-likeness (QED) is 0.688. The number of carbonyl (C=O) groups excluding carboxylic acids is 2. The number of fused-ring (bicyclic) bond motifs is 1. The van der Waals surface area contributed by atoms with Gasteiger partial charge in [0.15, 0.2) is 0 Å². The van der Waals surface area contributed by atoms with Gasteiger partial charge in [-0.25, -0.2) is 9.78 Å². The number of aromatic nitrogens is 2. The second-order valence-corrected chi connectivity index (χ2v) is 8.49. The highest BCUT2D eigenvalue weighted by Crippen LogP contribution is 2.28.